The van der Waals surface area contributed by atoms with Crippen LogP contribution in [0.15, 0.2) is 36.4 Å². The number of carbonyl (C=O) groups is 1. The highest BCUT2D eigenvalue weighted by molar-refractivity contribution is 6.42. The zero-order valence-electron chi connectivity index (χ0n) is 10.5. The maximum absolute atomic E-state index is 13.0. The molecule has 0 aliphatic heterocycles. The molecule has 0 aliphatic carbocycles. The van der Waals surface area contributed by atoms with Crippen LogP contribution in [0.25, 0.3) is 0 Å². The van der Waals surface area contributed by atoms with E-state index in [0.29, 0.717) is 10.6 Å². The molecule has 21 heavy (non-hydrogen) atoms. The summed E-state index contributed by atoms with van der Waals surface area (Å²) in [6.45, 7) is 0. The number of rotatable bonds is 4. The molecule has 4 nitrogen and oxygen atoms in total. The van der Waals surface area contributed by atoms with Gasteiger partial charge in [0.1, 0.15) is 5.82 Å². The lowest BCUT2D eigenvalue weighted by Gasteiger charge is -2.04. The second-order valence-corrected chi connectivity index (χ2v) is 5.08. The van der Waals surface area contributed by atoms with Crippen molar-refractivity contribution >= 4 is 34.7 Å². The van der Waals surface area contributed by atoms with Gasteiger partial charge in [-0.1, -0.05) is 29.3 Å². The third-order valence-corrected chi connectivity index (χ3v) is 3.54. The van der Waals surface area contributed by atoms with Crippen LogP contribution < -0.4 is 0 Å². The van der Waals surface area contributed by atoms with Crippen LogP contribution in [0.1, 0.15) is 15.9 Å². The molecule has 0 N–H and O–H groups in total. The monoisotopic (exact) mass is 327 g/mol. The highest BCUT2D eigenvalue weighted by atomic mass is 35.5. The fraction of sp³-hybridized carbons (Fsp3) is 0.0714. The summed E-state index contributed by atoms with van der Waals surface area (Å²) in [6, 6.07) is 7.48. The Labute approximate surface area is 129 Å². The first-order valence-electron chi connectivity index (χ1n) is 5.79. The first-order valence-corrected chi connectivity index (χ1v) is 6.55. The molecule has 0 bridgehead atoms. The highest BCUT2D eigenvalue weighted by Crippen LogP contribution is 2.25. The van der Waals surface area contributed by atoms with Crippen LogP contribution in [0.5, 0.6) is 0 Å². The van der Waals surface area contributed by atoms with Gasteiger partial charge in [-0.05, 0) is 29.8 Å². The number of ketones is 1. The Balaban J connectivity index is 2.32. The van der Waals surface area contributed by atoms with Crippen molar-refractivity contribution in [2.75, 3.05) is 0 Å². The molecule has 0 amide bonds. The molecule has 0 aromatic heterocycles. The van der Waals surface area contributed by atoms with Crippen molar-refractivity contribution in [2.24, 2.45) is 0 Å². The minimum absolute atomic E-state index is 0.0939. The number of Topliss-reactive ketones (excluding diaryl/α,β-unsaturated/α-hetero) is 1. The van der Waals surface area contributed by atoms with E-state index < -0.39 is 22.2 Å². The van der Waals surface area contributed by atoms with Crippen LogP contribution in [0.2, 0.25) is 10.0 Å². The van der Waals surface area contributed by atoms with Gasteiger partial charge in [-0.15, -0.1) is 0 Å². The van der Waals surface area contributed by atoms with Crippen molar-refractivity contribution in [3.05, 3.63) is 73.5 Å². The van der Waals surface area contributed by atoms with Gasteiger partial charge in [-0.3, -0.25) is 14.9 Å². The maximum Gasteiger partial charge on any atom is 0.283 e. The Bertz CT molecular complexity index is 734. The summed E-state index contributed by atoms with van der Waals surface area (Å²) in [5.74, 6) is -1.27. The molecule has 2 aromatic rings. The first-order chi connectivity index (χ1) is 9.88. The fourth-order valence-corrected chi connectivity index (χ4v) is 2.14. The number of nitro benzene ring substituents is 1. The smallest absolute Gasteiger partial charge is 0.283 e. The minimum atomic E-state index is -0.787. The molecule has 0 fully saturated rings. The molecule has 2 rings (SSSR count). The summed E-state index contributed by atoms with van der Waals surface area (Å²) in [4.78, 5) is 22.2. The van der Waals surface area contributed by atoms with Crippen LogP contribution in [0.3, 0.4) is 0 Å². The van der Waals surface area contributed by atoms with Gasteiger partial charge in [-0.25, -0.2) is 4.39 Å². The van der Waals surface area contributed by atoms with Crippen LogP contribution in [-0.2, 0) is 6.42 Å². The average Bonchev–Trinajstić information content (AvgIpc) is 2.42. The van der Waals surface area contributed by atoms with Crippen LogP contribution in [0.4, 0.5) is 10.1 Å². The molecule has 7 heteroatoms. The molecule has 108 valence electrons. The van der Waals surface area contributed by atoms with Gasteiger partial charge in [0, 0.05) is 6.42 Å². The standard InChI is InChI=1S/C14H8Cl2FNO3/c15-11-4-1-8(5-12(11)16)6-14(19)10-3-2-9(17)7-13(10)18(20)21/h1-5,7H,6H2. The maximum atomic E-state index is 13.0. The summed E-state index contributed by atoms with van der Waals surface area (Å²) in [5.41, 5.74) is -0.138. The van der Waals surface area contributed by atoms with Gasteiger partial charge in [0.05, 0.1) is 26.6 Å². The van der Waals surface area contributed by atoms with Crippen molar-refractivity contribution in [1.82, 2.24) is 0 Å². The van der Waals surface area contributed by atoms with Crippen LogP contribution >= 0.6 is 23.2 Å². The first kappa shape index (κ1) is 15.4. The van der Waals surface area contributed by atoms with E-state index in [1.54, 1.807) is 6.07 Å². The normalized spacial score (nSPS) is 10.4. The molecule has 2 aromatic carbocycles. The third kappa shape index (κ3) is 3.56. The number of benzene rings is 2. The molecule has 0 saturated heterocycles. The zero-order chi connectivity index (χ0) is 15.6. The van der Waals surface area contributed by atoms with Crippen molar-refractivity contribution in [2.45, 2.75) is 6.42 Å². The van der Waals surface area contributed by atoms with E-state index in [-0.39, 0.29) is 17.0 Å². The predicted molar refractivity (Wildman–Crippen MR) is 77.6 cm³/mol. The second-order valence-electron chi connectivity index (χ2n) is 4.27. The molecule has 0 atom stereocenters. The highest BCUT2D eigenvalue weighted by Gasteiger charge is 2.21. The Morgan fingerprint density at radius 3 is 2.48 bits per heavy atom. The summed E-state index contributed by atoms with van der Waals surface area (Å²) >= 11 is 11.6. The van der Waals surface area contributed by atoms with E-state index in [1.807, 2.05) is 0 Å². The topological polar surface area (TPSA) is 60.2 Å². The minimum Gasteiger partial charge on any atom is -0.294 e. The third-order valence-electron chi connectivity index (χ3n) is 2.81. The number of nitro groups is 1. The summed E-state index contributed by atoms with van der Waals surface area (Å²) < 4.78 is 13.0. The lowest BCUT2D eigenvalue weighted by atomic mass is 10.0. The number of hydrogen-bond acceptors (Lipinski definition) is 3. The quantitative estimate of drug-likeness (QED) is 0.473. The Morgan fingerprint density at radius 1 is 1.14 bits per heavy atom. The van der Waals surface area contributed by atoms with Crippen LogP contribution in [0, 0.1) is 15.9 Å². The average molecular weight is 328 g/mol. The zero-order valence-corrected chi connectivity index (χ0v) is 12.0. The lowest BCUT2D eigenvalue weighted by Crippen LogP contribution is -2.07. The van der Waals surface area contributed by atoms with Crippen molar-refractivity contribution in [3.8, 4) is 0 Å². The number of hydrogen-bond donors (Lipinski definition) is 0. The number of carbonyl (C=O) groups excluding carboxylic acids is 1. The molecular formula is C14H8Cl2FNO3. The number of halogens is 3. The molecule has 0 aliphatic rings. The predicted octanol–water partition coefficient (Wildman–Crippen LogP) is 4.47. The molecule has 0 spiro atoms. The lowest BCUT2D eigenvalue weighted by molar-refractivity contribution is -0.385. The Hall–Kier alpha value is -1.98. The molecule has 0 unspecified atom stereocenters. The summed E-state index contributed by atoms with van der Waals surface area (Å²) in [6.07, 6.45) is -0.0939. The molecule has 0 radical (unpaired) electrons. The van der Waals surface area contributed by atoms with E-state index >= 15 is 0 Å². The van der Waals surface area contributed by atoms with Gasteiger partial charge in [0.2, 0.25) is 0 Å². The summed E-state index contributed by atoms with van der Waals surface area (Å²) in [5, 5.41) is 11.5. The largest absolute Gasteiger partial charge is 0.294 e. The van der Waals surface area contributed by atoms with Gasteiger partial charge >= 0.3 is 0 Å². The van der Waals surface area contributed by atoms with Crippen LogP contribution in [-0.4, -0.2) is 10.7 Å². The van der Waals surface area contributed by atoms with E-state index in [2.05, 4.69) is 0 Å². The van der Waals surface area contributed by atoms with Gasteiger partial charge < -0.3 is 0 Å². The fourth-order valence-electron chi connectivity index (χ4n) is 1.82. The molecule has 0 heterocycles. The Kier molecular flexibility index (Phi) is 4.55. The van der Waals surface area contributed by atoms with Gasteiger partial charge in [0.25, 0.3) is 5.69 Å². The van der Waals surface area contributed by atoms with Crippen molar-refractivity contribution < 1.29 is 14.1 Å². The van der Waals surface area contributed by atoms with Crippen molar-refractivity contribution in [1.29, 1.82) is 0 Å². The summed E-state index contributed by atoms with van der Waals surface area (Å²) in [7, 11) is 0. The molecular weight excluding hydrogens is 320 g/mol. The van der Waals surface area contributed by atoms with Crippen molar-refractivity contribution in [3.63, 3.8) is 0 Å². The van der Waals surface area contributed by atoms with E-state index in [4.69, 9.17) is 23.2 Å². The van der Waals surface area contributed by atoms with Gasteiger partial charge in [0.15, 0.2) is 5.78 Å². The molecule has 0 saturated carbocycles. The number of nitrogens with zero attached hydrogens (tertiary/aromatic N) is 1. The van der Waals surface area contributed by atoms with Gasteiger partial charge in [-0.2, -0.15) is 0 Å². The Morgan fingerprint density at radius 2 is 1.86 bits per heavy atom. The second kappa shape index (κ2) is 6.20. The van der Waals surface area contributed by atoms with E-state index in [1.165, 1.54) is 12.1 Å². The van der Waals surface area contributed by atoms with E-state index in [9.17, 15) is 19.3 Å². The van der Waals surface area contributed by atoms with E-state index in [0.717, 1.165) is 18.2 Å². The SMILES string of the molecule is O=C(Cc1ccc(Cl)c(Cl)c1)c1ccc(F)cc1[N+](=O)[O-].